The van der Waals surface area contributed by atoms with E-state index in [2.05, 4.69) is 4.72 Å². The molecule has 0 aliphatic carbocycles. The Morgan fingerprint density at radius 1 is 1.29 bits per heavy atom. The SMILES string of the molecule is CCOC(=O)CCCS(=O)(=O)NC[C@H](C[C@H](C)O)c1ccccc1. The van der Waals surface area contributed by atoms with Gasteiger partial charge in [-0.05, 0) is 38.2 Å². The molecule has 7 heteroatoms. The van der Waals surface area contributed by atoms with Crippen molar-refractivity contribution in [2.75, 3.05) is 18.9 Å². The fourth-order valence-corrected chi connectivity index (χ4v) is 3.54. The Hall–Kier alpha value is -1.44. The monoisotopic (exact) mass is 357 g/mol. The molecule has 0 unspecified atom stereocenters. The van der Waals surface area contributed by atoms with Gasteiger partial charge in [0.1, 0.15) is 0 Å². The number of aliphatic hydroxyl groups is 1. The minimum atomic E-state index is -3.47. The van der Waals surface area contributed by atoms with Crippen LogP contribution in [0.5, 0.6) is 0 Å². The van der Waals surface area contributed by atoms with E-state index in [4.69, 9.17) is 4.74 Å². The van der Waals surface area contributed by atoms with Crippen LogP contribution < -0.4 is 4.72 Å². The average molecular weight is 357 g/mol. The van der Waals surface area contributed by atoms with Crippen molar-refractivity contribution in [1.82, 2.24) is 4.72 Å². The van der Waals surface area contributed by atoms with Gasteiger partial charge in [-0.2, -0.15) is 0 Å². The summed E-state index contributed by atoms with van der Waals surface area (Å²) in [4.78, 5) is 11.2. The molecule has 2 atom stereocenters. The fraction of sp³-hybridized carbons (Fsp3) is 0.588. The third-order valence-corrected chi connectivity index (χ3v) is 4.98. The first-order valence-corrected chi connectivity index (χ1v) is 9.85. The van der Waals surface area contributed by atoms with E-state index in [0.717, 1.165) is 5.56 Å². The molecule has 0 bridgehead atoms. The topological polar surface area (TPSA) is 92.7 Å². The van der Waals surface area contributed by atoms with Gasteiger partial charge in [-0.15, -0.1) is 0 Å². The first-order valence-electron chi connectivity index (χ1n) is 8.20. The number of aliphatic hydroxyl groups excluding tert-OH is 1. The second-order valence-corrected chi connectivity index (χ2v) is 7.69. The molecule has 0 saturated carbocycles. The summed E-state index contributed by atoms with van der Waals surface area (Å²) in [6.07, 6.45) is 0.254. The maximum absolute atomic E-state index is 12.1. The molecule has 2 N–H and O–H groups in total. The number of benzene rings is 1. The van der Waals surface area contributed by atoms with Crippen molar-refractivity contribution < 1.29 is 23.1 Å². The van der Waals surface area contributed by atoms with Crippen LogP contribution in [0.15, 0.2) is 30.3 Å². The van der Waals surface area contributed by atoms with Gasteiger partial charge in [-0.25, -0.2) is 13.1 Å². The van der Waals surface area contributed by atoms with Crippen molar-refractivity contribution in [2.24, 2.45) is 0 Å². The molecule has 0 amide bonds. The summed E-state index contributed by atoms with van der Waals surface area (Å²) in [6, 6.07) is 9.50. The lowest BCUT2D eigenvalue weighted by molar-refractivity contribution is -0.143. The van der Waals surface area contributed by atoms with E-state index in [1.807, 2.05) is 30.3 Å². The molecule has 24 heavy (non-hydrogen) atoms. The van der Waals surface area contributed by atoms with Gasteiger partial charge < -0.3 is 9.84 Å². The quantitative estimate of drug-likeness (QED) is 0.589. The van der Waals surface area contributed by atoms with Gasteiger partial charge in [0.25, 0.3) is 0 Å². The van der Waals surface area contributed by atoms with E-state index in [-0.39, 0.29) is 37.0 Å². The lowest BCUT2D eigenvalue weighted by Crippen LogP contribution is -2.31. The Labute approximate surface area is 144 Å². The summed E-state index contributed by atoms with van der Waals surface area (Å²) in [7, 11) is -3.47. The summed E-state index contributed by atoms with van der Waals surface area (Å²) in [5, 5.41) is 9.64. The summed E-state index contributed by atoms with van der Waals surface area (Å²) in [6.45, 7) is 3.91. The van der Waals surface area contributed by atoms with E-state index < -0.39 is 16.1 Å². The van der Waals surface area contributed by atoms with E-state index >= 15 is 0 Å². The first-order chi connectivity index (χ1) is 11.3. The Bertz CT molecular complexity index is 586. The van der Waals surface area contributed by atoms with Gasteiger partial charge in [-0.1, -0.05) is 30.3 Å². The van der Waals surface area contributed by atoms with Crippen LogP contribution in [0.1, 0.15) is 44.6 Å². The predicted octanol–water partition coefficient (Wildman–Crippen LogP) is 1.80. The molecule has 6 nitrogen and oxygen atoms in total. The van der Waals surface area contributed by atoms with Crippen LogP contribution in [0.3, 0.4) is 0 Å². The second-order valence-electron chi connectivity index (χ2n) is 5.77. The molecule has 0 heterocycles. The van der Waals surface area contributed by atoms with Crippen molar-refractivity contribution in [3.8, 4) is 0 Å². The maximum atomic E-state index is 12.1. The number of ether oxygens (including phenoxy) is 1. The van der Waals surface area contributed by atoms with Gasteiger partial charge in [0.05, 0.1) is 18.5 Å². The lowest BCUT2D eigenvalue weighted by atomic mass is 9.94. The van der Waals surface area contributed by atoms with E-state index in [1.165, 1.54) is 0 Å². The molecule has 0 aromatic heterocycles. The Morgan fingerprint density at radius 2 is 1.96 bits per heavy atom. The molecule has 136 valence electrons. The molecule has 0 radical (unpaired) electrons. The van der Waals surface area contributed by atoms with Crippen molar-refractivity contribution in [3.63, 3.8) is 0 Å². The smallest absolute Gasteiger partial charge is 0.305 e. The Kier molecular flexibility index (Phi) is 8.95. The van der Waals surface area contributed by atoms with Crippen LogP contribution in [0.4, 0.5) is 0 Å². The third kappa shape index (κ3) is 8.42. The number of carbonyl (C=O) groups excluding carboxylic acids is 1. The molecular formula is C17H27NO5S. The molecular weight excluding hydrogens is 330 g/mol. The minimum absolute atomic E-state index is 0.0878. The highest BCUT2D eigenvalue weighted by molar-refractivity contribution is 7.89. The Balaban J connectivity index is 2.54. The van der Waals surface area contributed by atoms with E-state index in [1.54, 1.807) is 13.8 Å². The highest BCUT2D eigenvalue weighted by Gasteiger charge is 2.18. The van der Waals surface area contributed by atoms with Gasteiger partial charge in [0.15, 0.2) is 0 Å². The standard InChI is InChI=1S/C17H27NO5S/c1-3-23-17(20)10-7-11-24(21,22)18-13-16(12-14(2)19)15-8-5-4-6-9-15/h4-6,8-9,14,16,18-19H,3,7,10-13H2,1-2H3/t14-,16-/m0/s1. The number of nitrogens with one attached hydrogen (secondary N) is 1. The molecule has 0 aliphatic rings. The normalized spacial score (nSPS) is 14.1. The van der Waals surface area contributed by atoms with Crippen LogP contribution in [0.25, 0.3) is 0 Å². The summed E-state index contributed by atoms with van der Waals surface area (Å²) < 4.78 is 31.5. The zero-order chi connectivity index (χ0) is 18.0. The predicted molar refractivity (Wildman–Crippen MR) is 93.1 cm³/mol. The zero-order valence-electron chi connectivity index (χ0n) is 14.3. The molecule has 1 rings (SSSR count). The molecule has 0 aliphatic heterocycles. The van der Waals surface area contributed by atoms with Crippen LogP contribution in [0, 0.1) is 0 Å². The fourth-order valence-electron chi connectivity index (χ4n) is 2.41. The molecule has 0 fully saturated rings. The third-order valence-electron chi connectivity index (χ3n) is 3.55. The van der Waals surface area contributed by atoms with Gasteiger partial charge in [-0.3, -0.25) is 4.79 Å². The molecule has 1 aromatic rings. The highest BCUT2D eigenvalue weighted by atomic mass is 32.2. The number of hydrogen-bond acceptors (Lipinski definition) is 5. The minimum Gasteiger partial charge on any atom is -0.466 e. The summed E-state index contributed by atoms with van der Waals surface area (Å²) >= 11 is 0. The van der Waals surface area contributed by atoms with Crippen LogP contribution in [-0.2, 0) is 19.6 Å². The van der Waals surface area contributed by atoms with Crippen LogP contribution in [0.2, 0.25) is 0 Å². The van der Waals surface area contributed by atoms with Gasteiger partial charge in [0.2, 0.25) is 10.0 Å². The van der Waals surface area contributed by atoms with E-state index in [9.17, 15) is 18.3 Å². The number of sulfonamides is 1. The number of esters is 1. The van der Waals surface area contributed by atoms with Crippen LogP contribution >= 0.6 is 0 Å². The molecule has 0 spiro atoms. The highest BCUT2D eigenvalue weighted by Crippen LogP contribution is 2.20. The first kappa shape index (κ1) is 20.6. The van der Waals surface area contributed by atoms with Crippen molar-refractivity contribution in [2.45, 2.75) is 45.1 Å². The Morgan fingerprint density at radius 3 is 2.54 bits per heavy atom. The summed E-state index contributed by atoms with van der Waals surface area (Å²) in [5.74, 6) is -0.614. The maximum Gasteiger partial charge on any atom is 0.305 e. The van der Waals surface area contributed by atoms with Crippen LogP contribution in [-0.4, -0.2) is 44.5 Å². The second kappa shape index (κ2) is 10.4. The van der Waals surface area contributed by atoms with Crippen molar-refractivity contribution >= 4 is 16.0 Å². The van der Waals surface area contributed by atoms with E-state index in [0.29, 0.717) is 13.0 Å². The molecule has 0 saturated heterocycles. The average Bonchev–Trinajstić information content (AvgIpc) is 2.52. The number of carbonyl (C=O) groups is 1. The van der Waals surface area contributed by atoms with Gasteiger partial charge >= 0.3 is 5.97 Å². The zero-order valence-corrected chi connectivity index (χ0v) is 15.1. The number of rotatable bonds is 11. The van der Waals surface area contributed by atoms with Crippen molar-refractivity contribution in [1.29, 1.82) is 0 Å². The summed E-state index contributed by atoms with van der Waals surface area (Å²) in [5.41, 5.74) is 0.979. The number of hydrogen-bond donors (Lipinski definition) is 2. The van der Waals surface area contributed by atoms with Gasteiger partial charge in [0, 0.05) is 13.0 Å². The molecule has 1 aromatic carbocycles. The largest absolute Gasteiger partial charge is 0.466 e. The van der Waals surface area contributed by atoms with Crippen molar-refractivity contribution in [3.05, 3.63) is 35.9 Å². The lowest BCUT2D eigenvalue weighted by Gasteiger charge is -2.19.